The molecule has 4 aliphatic rings. The summed E-state index contributed by atoms with van der Waals surface area (Å²) in [6, 6.07) is 11.1. The summed E-state index contributed by atoms with van der Waals surface area (Å²) < 4.78 is 29.3. The van der Waals surface area contributed by atoms with Gasteiger partial charge in [-0.15, -0.1) is 22.7 Å². The van der Waals surface area contributed by atoms with Crippen molar-refractivity contribution in [1.29, 1.82) is 0 Å². The lowest BCUT2D eigenvalue weighted by Gasteiger charge is -2.18. The van der Waals surface area contributed by atoms with Crippen LogP contribution in [0.1, 0.15) is 44.2 Å². The van der Waals surface area contributed by atoms with Gasteiger partial charge in [-0.1, -0.05) is 43.8 Å². The fraction of sp³-hybridized carbons (Fsp3) is 0.290. The number of amidine groups is 2. The van der Waals surface area contributed by atoms with Crippen molar-refractivity contribution in [3.63, 3.8) is 0 Å². The first-order valence-electron chi connectivity index (χ1n) is 13.9. The van der Waals surface area contributed by atoms with Crippen LogP contribution in [0.3, 0.4) is 0 Å². The zero-order valence-corrected chi connectivity index (χ0v) is 26.0. The SMILES string of the molecule is CCC1=C(c2ccc(F)c3sccc23)N2CCN=C2S1.CCCC1=C(c2ccc(F)c3sccc23)N2CCN=C2S1. The molecule has 0 saturated carbocycles. The van der Waals surface area contributed by atoms with Crippen LogP contribution in [0.5, 0.6) is 0 Å². The number of halogens is 2. The van der Waals surface area contributed by atoms with Gasteiger partial charge in [0.15, 0.2) is 10.3 Å². The van der Waals surface area contributed by atoms with Crippen LogP contribution in [-0.4, -0.2) is 46.3 Å². The molecule has 0 N–H and O–H groups in total. The maximum atomic E-state index is 14.0. The monoisotopic (exact) mass is 622 g/mol. The largest absolute Gasteiger partial charge is 0.318 e. The molecule has 0 fully saturated rings. The summed E-state index contributed by atoms with van der Waals surface area (Å²) in [5, 5.41) is 8.19. The van der Waals surface area contributed by atoms with Gasteiger partial charge in [0.2, 0.25) is 0 Å². The van der Waals surface area contributed by atoms with Gasteiger partial charge >= 0.3 is 0 Å². The van der Waals surface area contributed by atoms with Gasteiger partial charge in [0.1, 0.15) is 11.6 Å². The third-order valence-corrected chi connectivity index (χ3v) is 11.8. The van der Waals surface area contributed by atoms with Crippen LogP contribution < -0.4 is 0 Å². The van der Waals surface area contributed by atoms with Gasteiger partial charge in [-0.2, -0.15) is 0 Å². The highest BCUT2D eigenvalue weighted by Gasteiger charge is 2.34. The van der Waals surface area contributed by atoms with Crippen molar-refractivity contribution in [3.05, 3.63) is 79.7 Å². The number of aliphatic imine (C=N–C) groups is 2. The Morgan fingerprint density at radius 3 is 1.73 bits per heavy atom. The number of thioether (sulfide) groups is 2. The Kier molecular flexibility index (Phi) is 7.43. The standard InChI is InChI=1S/C16H15FN2S2.C15H13FN2S2/c1-2-3-13-14(19-8-7-18-16(19)21-13)10-4-5-12(17)15-11(10)6-9-20-15;1-2-12-13(18-7-6-17-15(18)20-12)9-3-4-11(16)14-10(9)5-8-19-14/h4-6,9H,2-3,7-8H2,1H3;3-5,8H,2,6-7H2,1H3. The highest BCUT2D eigenvalue weighted by Crippen LogP contribution is 2.47. The Hall–Kier alpha value is -2.66. The Morgan fingerprint density at radius 1 is 0.707 bits per heavy atom. The second-order valence-electron chi connectivity index (χ2n) is 10.00. The molecule has 6 heterocycles. The zero-order valence-electron chi connectivity index (χ0n) is 22.7. The molecule has 210 valence electrons. The van der Waals surface area contributed by atoms with E-state index < -0.39 is 0 Å². The maximum Gasteiger partial charge on any atom is 0.168 e. The van der Waals surface area contributed by atoms with Gasteiger partial charge in [0, 0.05) is 44.8 Å². The molecule has 8 rings (SSSR count). The van der Waals surface area contributed by atoms with Crippen LogP contribution in [-0.2, 0) is 0 Å². The summed E-state index contributed by atoms with van der Waals surface area (Å²) in [7, 11) is 0. The van der Waals surface area contributed by atoms with Crippen LogP contribution in [0, 0.1) is 11.6 Å². The van der Waals surface area contributed by atoms with Gasteiger partial charge in [0.25, 0.3) is 0 Å². The van der Waals surface area contributed by atoms with E-state index in [1.807, 2.05) is 35.0 Å². The molecule has 41 heavy (non-hydrogen) atoms. The van der Waals surface area contributed by atoms with Gasteiger partial charge in [0.05, 0.1) is 33.9 Å². The Labute approximate surface area is 254 Å². The molecule has 0 amide bonds. The lowest BCUT2D eigenvalue weighted by molar-refractivity contribution is 0.638. The van der Waals surface area contributed by atoms with Crippen LogP contribution >= 0.6 is 46.2 Å². The molecule has 4 aromatic rings. The first kappa shape index (κ1) is 27.2. The van der Waals surface area contributed by atoms with Gasteiger partial charge in [-0.05, 0) is 60.0 Å². The van der Waals surface area contributed by atoms with E-state index in [0.29, 0.717) is 0 Å². The molecule has 10 heteroatoms. The summed E-state index contributed by atoms with van der Waals surface area (Å²) in [4.78, 5) is 16.4. The van der Waals surface area contributed by atoms with Crippen molar-refractivity contribution in [2.45, 2.75) is 33.1 Å². The van der Waals surface area contributed by atoms with Crippen molar-refractivity contribution in [2.24, 2.45) is 9.98 Å². The fourth-order valence-corrected chi connectivity index (χ4v) is 9.83. The highest BCUT2D eigenvalue weighted by molar-refractivity contribution is 8.18. The van der Waals surface area contributed by atoms with E-state index in [1.54, 1.807) is 35.7 Å². The predicted octanol–water partition coefficient (Wildman–Crippen LogP) is 9.46. The Bertz CT molecular complexity index is 1800. The molecular formula is C31H28F2N4S4. The van der Waals surface area contributed by atoms with E-state index in [4.69, 9.17) is 0 Å². The molecule has 0 saturated heterocycles. The van der Waals surface area contributed by atoms with Crippen molar-refractivity contribution < 1.29 is 8.78 Å². The number of hydrogen-bond acceptors (Lipinski definition) is 8. The average Bonchev–Trinajstić information content (AvgIpc) is 3.80. The molecule has 2 aromatic heterocycles. The summed E-state index contributed by atoms with van der Waals surface area (Å²) in [5.41, 5.74) is 4.77. The van der Waals surface area contributed by atoms with Crippen LogP contribution in [0.2, 0.25) is 0 Å². The minimum atomic E-state index is -0.127. The second-order valence-corrected chi connectivity index (χ2v) is 14.0. The summed E-state index contributed by atoms with van der Waals surface area (Å²) in [6.07, 6.45) is 3.15. The minimum absolute atomic E-state index is 0.123. The van der Waals surface area contributed by atoms with Gasteiger partial charge in [-0.3, -0.25) is 9.98 Å². The molecule has 4 nitrogen and oxygen atoms in total. The summed E-state index contributed by atoms with van der Waals surface area (Å²) in [6.45, 7) is 7.95. The number of allylic oxidation sites excluding steroid dienone is 2. The maximum absolute atomic E-state index is 14.0. The first-order chi connectivity index (χ1) is 20.1. The van der Waals surface area contributed by atoms with E-state index in [1.165, 1.54) is 43.9 Å². The van der Waals surface area contributed by atoms with E-state index in [-0.39, 0.29) is 11.6 Å². The second kappa shape index (κ2) is 11.2. The Balaban J connectivity index is 0.000000135. The fourth-order valence-electron chi connectivity index (χ4n) is 5.76. The smallest absolute Gasteiger partial charge is 0.168 e. The third kappa shape index (κ3) is 4.63. The Morgan fingerprint density at radius 2 is 1.22 bits per heavy atom. The molecule has 2 aromatic carbocycles. The van der Waals surface area contributed by atoms with Crippen LogP contribution in [0.15, 0.2) is 67.0 Å². The van der Waals surface area contributed by atoms with E-state index in [9.17, 15) is 8.78 Å². The predicted molar refractivity (Wildman–Crippen MR) is 176 cm³/mol. The van der Waals surface area contributed by atoms with Crippen molar-refractivity contribution in [2.75, 3.05) is 26.2 Å². The van der Waals surface area contributed by atoms with E-state index in [0.717, 1.165) is 87.1 Å². The summed E-state index contributed by atoms with van der Waals surface area (Å²) >= 11 is 6.50. The van der Waals surface area contributed by atoms with E-state index in [2.05, 4.69) is 33.6 Å². The van der Waals surface area contributed by atoms with Gasteiger partial charge < -0.3 is 9.80 Å². The van der Waals surface area contributed by atoms with Crippen molar-refractivity contribution in [1.82, 2.24) is 9.80 Å². The molecule has 0 radical (unpaired) electrons. The number of thiophene rings is 2. The molecule has 0 atom stereocenters. The molecule has 0 bridgehead atoms. The lowest BCUT2D eigenvalue weighted by Crippen LogP contribution is -2.20. The number of hydrogen-bond donors (Lipinski definition) is 0. The zero-order chi connectivity index (χ0) is 28.1. The van der Waals surface area contributed by atoms with Crippen molar-refractivity contribution >= 4 is 88.1 Å². The first-order valence-corrected chi connectivity index (χ1v) is 17.3. The third-order valence-electron chi connectivity index (χ3n) is 7.55. The highest BCUT2D eigenvalue weighted by atomic mass is 32.2. The molecule has 0 aliphatic carbocycles. The molecule has 0 unspecified atom stereocenters. The number of fused-ring (bicyclic) bond motifs is 4. The average molecular weight is 623 g/mol. The molecule has 4 aliphatic heterocycles. The van der Waals surface area contributed by atoms with E-state index >= 15 is 0 Å². The number of benzene rings is 2. The minimum Gasteiger partial charge on any atom is -0.318 e. The number of rotatable bonds is 5. The molecular weight excluding hydrogens is 595 g/mol. The van der Waals surface area contributed by atoms with Crippen molar-refractivity contribution in [3.8, 4) is 0 Å². The topological polar surface area (TPSA) is 31.2 Å². The lowest BCUT2D eigenvalue weighted by atomic mass is 10.0. The van der Waals surface area contributed by atoms with Crippen LogP contribution in [0.4, 0.5) is 8.78 Å². The summed E-state index contributed by atoms with van der Waals surface area (Å²) in [5.74, 6) is -0.249. The molecule has 0 spiro atoms. The van der Waals surface area contributed by atoms with Gasteiger partial charge in [-0.25, -0.2) is 8.78 Å². The number of nitrogens with zero attached hydrogens (tertiary/aromatic N) is 4. The quantitative estimate of drug-likeness (QED) is 0.222. The normalized spacial score (nSPS) is 18.0. The van der Waals surface area contributed by atoms with Crippen LogP contribution in [0.25, 0.3) is 31.6 Å².